The number of hydrogen-bond donors (Lipinski definition) is 1. The van der Waals surface area contributed by atoms with E-state index in [1.807, 2.05) is 13.8 Å². The average Bonchev–Trinajstić information content (AvgIpc) is 2.76. The van der Waals surface area contributed by atoms with Gasteiger partial charge in [0.25, 0.3) is 5.91 Å². The third kappa shape index (κ3) is 1.83. The van der Waals surface area contributed by atoms with Crippen LogP contribution in [0.3, 0.4) is 0 Å². The maximum absolute atomic E-state index is 12.0. The van der Waals surface area contributed by atoms with E-state index in [1.165, 1.54) is 6.33 Å². The van der Waals surface area contributed by atoms with Crippen molar-refractivity contribution < 1.29 is 9.90 Å². The highest BCUT2D eigenvalue weighted by Gasteiger charge is 2.38. The summed E-state index contributed by atoms with van der Waals surface area (Å²) in [4.78, 5) is 17.1. The maximum atomic E-state index is 12.0. The Hall–Kier alpha value is -1.04. The zero-order valence-electron chi connectivity index (χ0n) is 10.2. The van der Waals surface area contributed by atoms with Crippen molar-refractivity contribution in [1.29, 1.82) is 0 Å². The molecule has 2 heterocycles. The van der Waals surface area contributed by atoms with E-state index in [1.54, 1.807) is 11.5 Å². The monoisotopic (exact) mass is 289 g/mol. The molecule has 0 aromatic carbocycles. The highest BCUT2D eigenvalue weighted by Crippen LogP contribution is 2.35. The predicted octanol–water partition coefficient (Wildman–Crippen LogP) is 2.30. The molecule has 1 aliphatic rings. The van der Waals surface area contributed by atoms with Gasteiger partial charge in [-0.2, -0.15) is 0 Å². The Morgan fingerprint density at radius 2 is 2.06 bits per heavy atom. The molecule has 0 bridgehead atoms. The summed E-state index contributed by atoms with van der Waals surface area (Å²) in [5, 5.41) is 10.3. The van der Waals surface area contributed by atoms with Crippen LogP contribution in [0.4, 0.5) is 5.82 Å². The molecule has 0 saturated carbocycles. The molecule has 2 rings (SSSR count). The summed E-state index contributed by atoms with van der Waals surface area (Å²) >= 11 is 12.0. The normalized spacial score (nSPS) is 20.5. The summed E-state index contributed by atoms with van der Waals surface area (Å²) in [6.07, 6.45) is 0.316. The van der Waals surface area contributed by atoms with E-state index in [4.69, 9.17) is 23.2 Å². The van der Waals surface area contributed by atoms with Gasteiger partial charge in [0, 0.05) is 11.6 Å². The number of halogens is 2. The first kappa shape index (κ1) is 13.4. The molecule has 1 aromatic heterocycles. The van der Waals surface area contributed by atoms with Crippen LogP contribution in [0.5, 0.6) is 0 Å². The van der Waals surface area contributed by atoms with Crippen LogP contribution in [0.25, 0.3) is 0 Å². The number of carbonyl (C=O) groups excluding carboxylic acids is 1. The molecule has 0 spiro atoms. The number of aromatic nitrogens is 2. The Labute approximate surface area is 115 Å². The number of imidazole rings is 1. The zero-order chi connectivity index (χ0) is 13.6. The Kier molecular flexibility index (Phi) is 3.40. The fraction of sp³-hybridized carbons (Fsp3) is 0.455. The quantitative estimate of drug-likeness (QED) is 0.909. The molecule has 5 nitrogen and oxygen atoms in total. The van der Waals surface area contributed by atoms with Gasteiger partial charge in [-0.3, -0.25) is 9.69 Å². The minimum Gasteiger partial charge on any atom is -0.368 e. The number of carbonyl (C=O) groups is 1. The lowest BCUT2D eigenvalue weighted by molar-refractivity contribution is -0.115. The number of anilines is 1. The van der Waals surface area contributed by atoms with E-state index >= 15 is 0 Å². The van der Waals surface area contributed by atoms with Gasteiger partial charge in [-0.05, 0) is 20.8 Å². The Balaban J connectivity index is 2.43. The van der Waals surface area contributed by atoms with Crippen LogP contribution in [0.1, 0.15) is 26.8 Å². The Morgan fingerprint density at radius 3 is 2.44 bits per heavy atom. The topological polar surface area (TPSA) is 58.4 Å². The maximum Gasteiger partial charge on any atom is 0.258 e. The molecule has 1 atom stereocenters. The highest BCUT2D eigenvalue weighted by molar-refractivity contribution is 6.37. The second-order valence-corrected chi connectivity index (χ2v) is 5.15. The number of nitrogens with zero attached hydrogens (tertiary/aromatic N) is 3. The van der Waals surface area contributed by atoms with Crippen molar-refractivity contribution >= 4 is 34.9 Å². The van der Waals surface area contributed by atoms with Gasteiger partial charge in [0.05, 0.1) is 11.4 Å². The highest BCUT2D eigenvalue weighted by atomic mass is 35.5. The summed E-state index contributed by atoms with van der Waals surface area (Å²) in [5.74, 6) is -0.165. The van der Waals surface area contributed by atoms with Crippen LogP contribution in [0.15, 0.2) is 16.9 Å². The molecule has 1 N–H and O–H groups in total. The molecule has 1 aromatic rings. The van der Waals surface area contributed by atoms with Gasteiger partial charge in [-0.25, -0.2) is 4.98 Å². The van der Waals surface area contributed by atoms with Crippen LogP contribution in [-0.4, -0.2) is 26.8 Å². The molecular formula is C11H13Cl2N3O2. The molecule has 1 aliphatic heterocycles. The van der Waals surface area contributed by atoms with Crippen molar-refractivity contribution in [1.82, 2.24) is 9.55 Å². The third-order valence-corrected chi connectivity index (χ3v) is 3.71. The molecule has 0 radical (unpaired) electrons. The molecule has 18 heavy (non-hydrogen) atoms. The van der Waals surface area contributed by atoms with E-state index in [-0.39, 0.29) is 22.8 Å². The molecule has 0 fully saturated rings. The van der Waals surface area contributed by atoms with Crippen LogP contribution >= 0.6 is 23.2 Å². The largest absolute Gasteiger partial charge is 0.368 e. The van der Waals surface area contributed by atoms with Crippen molar-refractivity contribution in [2.75, 3.05) is 4.90 Å². The van der Waals surface area contributed by atoms with Gasteiger partial charge in [0.2, 0.25) is 0 Å². The van der Waals surface area contributed by atoms with Crippen LogP contribution in [0.2, 0.25) is 5.15 Å². The lowest BCUT2D eigenvalue weighted by Crippen LogP contribution is -2.35. The first-order valence-electron chi connectivity index (χ1n) is 5.46. The summed E-state index contributed by atoms with van der Waals surface area (Å²) in [5.41, 5.74) is 0.305. The van der Waals surface area contributed by atoms with Crippen LogP contribution in [-0.2, 0) is 4.79 Å². The van der Waals surface area contributed by atoms with Gasteiger partial charge >= 0.3 is 0 Å². The second-order valence-electron chi connectivity index (χ2n) is 4.38. The molecule has 1 amide bonds. The third-order valence-electron chi connectivity index (χ3n) is 2.87. The Bertz CT molecular complexity index is 536. The van der Waals surface area contributed by atoms with E-state index in [2.05, 4.69) is 4.98 Å². The number of aliphatic hydroxyl groups is 1. The molecule has 7 heteroatoms. The SMILES string of the molecule is CC1=C(Cl)C(O)N(c2ncn(C(C)C)c2Cl)C1=O. The van der Waals surface area contributed by atoms with E-state index < -0.39 is 6.23 Å². The van der Waals surface area contributed by atoms with E-state index in [0.717, 1.165) is 4.90 Å². The number of rotatable bonds is 2. The van der Waals surface area contributed by atoms with Gasteiger partial charge in [-0.1, -0.05) is 23.2 Å². The van der Waals surface area contributed by atoms with Crippen molar-refractivity contribution in [3.8, 4) is 0 Å². The Morgan fingerprint density at radius 1 is 1.44 bits per heavy atom. The van der Waals surface area contributed by atoms with E-state index in [0.29, 0.717) is 10.7 Å². The van der Waals surface area contributed by atoms with Crippen LogP contribution in [0, 0.1) is 0 Å². The number of hydrogen-bond acceptors (Lipinski definition) is 3. The van der Waals surface area contributed by atoms with Crippen molar-refractivity contribution in [3.63, 3.8) is 0 Å². The lowest BCUT2D eigenvalue weighted by Gasteiger charge is -2.19. The van der Waals surface area contributed by atoms with Gasteiger partial charge in [-0.15, -0.1) is 0 Å². The molecule has 1 unspecified atom stereocenters. The van der Waals surface area contributed by atoms with Crippen molar-refractivity contribution in [2.45, 2.75) is 33.0 Å². The zero-order valence-corrected chi connectivity index (χ0v) is 11.7. The summed E-state index contributed by atoms with van der Waals surface area (Å²) in [7, 11) is 0. The van der Waals surface area contributed by atoms with Gasteiger partial charge < -0.3 is 9.67 Å². The smallest absolute Gasteiger partial charge is 0.258 e. The van der Waals surface area contributed by atoms with Crippen molar-refractivity contribution in [2.24, 2.45) is 0 Å². The van der Waals surface area contributed by atoms with Crippen molar-refractivity contribution in [3.05, 3.63) is 22.1 Å². The standard InChI is InChI=1S/C11H13Cl2N3O2/c1-5(2)15-4-14-9(8(15)13)16-10(17)6(3)7(12)11(16)18/h4-5,11,18H,1-3H3. The van der Waals surface area contributed by atoms with Gasteiger partial charge in [0.15, 0.2) is 17.2 Å². The molecule has 0 aliphatic carbocycles. The predicted molar refractivity (Wildman–Crippen MR) is 69.7 cm³/mol. The van der Waals surface area contributed by atoms with Crippen LogP contribution < -0.4 is 4.90 Å². The first-order valence-corrected chi connectivity index (χ1v) is 6.22. The molecular weight excluding hydrogens is 277 g/mol. The fourth-order valence-electron chi connectivity index (χ4n) is 1.77. The summed E-state index contributed by atoms with van der Waals surface area (Å²) in [6, 6.07) is 0.109. The average molecular weight is 290 g/mol. The first-order chi connectivity index (χ1) is 8.36. The summed E-state index contributed by atoms with van der Waals surface area (Å²) < 4.78 is 1.71. The molecule has 98 valence electrons. The van der Waals surface area contributed by atoms with Gasteiger partial charge in [0.1, 0.15) is 0 Å². The lowest BCUT2D eigenvalue weighted by atomic mass is 10.3. The number of amides is 1. The molecule has 0 saturated heterocycles. The van der Waals surface area contributed by atoms with E-state index in [9.17, 15) is 9.90 Å². The minimum absolute atomic E-state index is 0.107. The number of aliphatic hydroxyl groups excluding tert-OH is 1. The minimum atomic E-state index is -1.22. The summed E-state index contributed by atoms with van der Waals surface area (Å²) in [6.45, 7) is 5.44. The second kappa shape index (κ2) is 4.57. The fourth-order valence-corrected chi connectivity index (χ4v) is 2.33.